The molecule has 2 aliphatic rings. The molecule has 0 saturated carbocycles. The van der Waals surface area contributed by atoms with Crippen molar-refractivity contribution in [2.75, 3.05) is 26.3 Å². The first kappa shape index (κ1) is 15.2. The summed E-state index contributed by atoms with van der Waals surface area (Å²) in [5.41, 5.74) is -0.849. The van der Waals surface area contributed by atoms with Crippen molar-refractivity contribution in [2.24, 2.45) is 0 Å². The summed E-state index contributed by atoms with van der Waals surface area (Å²) in [4.78, 5) is 13.8. The molecule has 2 aliphatic heterocycles. The largest absolute Gasteiger partial charge is 0.489 e. The van der Waals surface area contributed by atoms with Gasteiger partial charge in [0.25, 0.3) is 0 Å². The number of carbonyl (C=O) groups is 1. The summed E-state index contributed by atoms with van der Waals surface area (Å²) in [6, 6.07) is 6.04. The Morgan fingerprint density at radius 1 is 1.41 bits per heavy atom. The van der Waals surface area contributed by atoms with Gasteiger partial charge in [0.15, 0.2) is 0 Å². The van der Waals surface area contributed by atoms with Crippen LogP contribution in [-0.4, -0.2) is 53.9 Å². The van der Waals surface area contributed by atoms with Crippen LogP contribution in [0.1, 0.15) is 19.3 Å². The van der Waals surface area contributed by atoms with Crippen molar-refractivity contribution in [3.63, 3.8) is 0 Å². The Kier molecular flexibility index (Phi) is 4.31. The summed E-state index contributed by atoms with van der Waals surface area (Å²) in [5.74, 6) is -0.635. The Labute approximate surface area is 128 Å². The van der Waals surface area contributed by atoms with Gasteiger partial charge in [-0.1, -0.05) is 6.07 Å². The van der Waals surface area contributed by atoms with E-state index in [2.05, 4.69) is 0 Å². The van der Waals surface area contributed by atoms with Gasteiger partial charge in [-0.05, 0) is 31.4 Å². The molecule has 2 fully saturated rings. The summed E-state index contributed by atoms with van der Waals surface area (Å²) >= 11 is 0. The van der Waals surface area contributed by atoms with Crippen LogP contribution in [0.4, 0.5) is 4.39 Å². The van der Waals surface area contributed by atoms with E-state index < -0.39 is 11.5 Å². The molecule has 0 aliphatic carbocycles. The lowest BCUT2D eigenvalue weighted by Crippen LogP contribution is -2.57. The highest BCUT2D eigenvalue weighted by Gasteiger charge is 2.48. The minimum atomic E-state index is -0.849. The number of carboxylic acids is 1. The molecule has 0 amide bonds. The van der Waals surface area contributed by atoms with Gasteiger partial charge in [0, 0.05) is 32.4 Å². The molecule has 1 aromatic carbocycles. The van der Waals surface area contributed by atoms with Crippen LogP contribution >= 0.6 is 0 Å². The number of carboxylic acid groups (broad SMARTS) is 1. The monoisotopic (exact) mass is 309 g/mol. The molecule has 2 heterocycles. The number of likely N-dealkylation sites (tertiary alicyclic amines) is 1. The molecule has 1 N–H and O–H groups in total. The van der Waals surface area contributed by atoms with E-state index in [9.17, 15) is 14.3 Å². The summed E-state index contributed by atoms with van der Waals surface area (Å²) in [7, 11) is 0. The van der Waals surface area contributed by atoms with Gasteiger partial charge >= 0.3 is 5.97 Å². The summed E-state index contributed by atoms with van der Waals surface area (Å²) < 4.78 is 24.3. The maximum atomic E-state index is 13.2. The number of hydrogen-bond acceptors (Lipinski definition) is 4. The van der Waals surface area contributed by atoms with Crippen molar-refractivity contribution in [2.45, 2.75) is 30.9 Å². The van der Waals surface area contributed by atoms with E-state index in [-0.39, 0.29) is 11.9 Å². The van der Waals surface area contributed by atoms with Crippen LogP contribution in [0.5, 0.6) is 5.75 Å². The van der Waals surface area contributed by atoms with Crippen molar-refractivity contribution in [3.05, 3.63) is 30.1 Å². The van der Waals surface area contributed by atoms with Crippen LogP contribution in [-0.2, 0) is 9.53 Å². The Balaban J connectivity index is 1.67. The average Bonchev–Trinajstić information content (AvgIpc) is 2.97. The fourth-order valence-corrected chi connectivity index (χ4v) is 3.32. The maximum Gasteiger partial charge on any atom is 0.324 e. The fourth-order valence-electron chi connectivity index (χ4n) is 3.32. The van der Waals surface area contributed by atoms with Crippen molar-refractivity contribution in [3.8, 4) is 5.75 Å². The fraction of sp³-hybridized carbons (Fsp3) is 0.562. The van der Waals surface area contributed by atoms with Gasteiger partial charge in [-0.15, -0.1) is 0 Å². The van der Waals surface area contributed by atoms with Gasteiger partial charge in [0.05, 0.1) is 0 Å². The Hall–Kier alpha value is -1.66. The molecule has 0 radical (unpaired) electrons. The number of benzene rings is 1. The van der Waals surface area contributed by atoms with E-state index in [0.717, 1.165) is 6.42 Å². The van der Waals surface area contributed by atoms with Gasteiger partial charge < -0.3 is 14.6 Å². The molecular formula is C16H20FNO4. The van der Waals surface area contributed by atoms with Crippen LogP contribution in [0.2, 0.25) is 0 Å². The van der Waals surface area contributed by atoms with Gasteiger partial charge in [-0.3, -0.25) is 9.69 Å². The molecule has 0 bridgehead atoms. The molecule has 0 unspecified atom stereocenters. The number of ether oxygens (including phenoxy) is 2. The Morgan fingerprint density at radius 3 is 2.86 bits per heavy atom. The Morgan fingerprint density at radius 2 is 2.18 bits per heavy atom. The number of hydrogen-bond donors (Lipinski definition) is 1. The number of halogens is 1. The van der Waals surface area contributed by atoms with Gasteiger partial charge in [0.1, 0.15) is 23.2 Å². The van der Waals surface area contributed by atoms with E-state index in [1.807, 2.05) is 4.90 Å². The molecule has 1 atom stereocenters. The lowest BCUT2D eigenvalue weighted by molar-refractivity contribution is -0.158. The molecule has 6 heteroatoms. The van der Waals surface area contributed by atoms with Crippen molar-refractivity contribution in [1.29, 1.82) is 0 Å². The number of rotatable bonds is 4. The molecule has 0 aromatic heterocycles. The predicted molar refractivity (Wildman–Crippen MR) is 77.4 cm³/mol. The van der Waals surface area contributed by atoms with E-state index in [4.69, 9.17) is 9.47 Å². The lowest BCUT2D eigenvalue weighted by Gasteiger charge is -2.40. The normalized spacial score (nSPS) is 25.0. The van der Waals surface area contributed by atoms with Gasteiger partial charge in [-0.2, -0.15) is 0 Å². The molecule has 1 aromatic rings. The maximum absolute atomic E-state index is 13.2. The molecule has 5 nitrogen and oxygen atoms in total. The smallest absolute Gasteiger partial charge is 0.324 e. The van der Waals surface area contributed by atoms with Gasteiger partial charge in [0.2, 0.25) is 0 Å². The second-order valence-electron chi connectivity index (χ2n) is 5.88. The van der Waals surface area contributed by atoms with E-state index in [1.54, 1.807) is 12.1 Å². The zero-order chi connectivity index (χ0) is 15.6. The SMILES string of the molecule is O=C(O)C1(N2CC[C@@H](Oc3cccc(F)c3)C2)CCOCC1. The van der Waals surface area contributed by atoms with Crippen LogP contribution in [0.15, 0.2) is 24.3 Å². The Bertz CT molecular complexity index is 545. The van der Waals surface area contributed by atoms with Crippen molar-refractivity contribution >= 4 is 5.97 Å². The van der Waals surface area contributed by atoms with E-state index >= 15 is 0 Å². The van der Waals surface area contributed by atoms with E-state index in [0.29, 0.717) is 44.9 Å². The number of aliphatic carboxylic acids is 1. The predicted octanol–water partition coefficient (Wildman–Crippen LogP) is 1.91. The molecule has 120 valence electrons. The third kappa shape index (κ3) is 2.94. The zero-order valence-electron chi connectivity index (χ0n) is 12.3. The van der Waals surface area contributed by atoms with Gasteiger partial charge in [-0.25, -0.2) is 4.39 Å². The quantitative estimate of drug-likeness (QED) is 0.921. The topological polar surface area (TPSA) is 59.0 Å². The molecule has 0 spiro atoms. The highest BCUT2D eigenvalue weighted by molar-refractivity contribution is 5.79. The lowest BCUT2D eigenvalue weighted by atomic mass is 9.88. The third-order valence-corrected chi connectivity index (χ3v) is 4.57. The highest BCUT2D eigenvalue weighted by Crippen LogP contribution is 2.32. The van der Waals surface area contributed by atoms with E-state index in [1.165, 1.54) is 12.1 Å². The first-order valence-electron chi connectivity index (χ1n) is 7.58. The highest BCUT2D eigenvalue weighted by atomic mass is 19.1. The second kappa shape index (κ2) is 6.22. The second-order valence-corrected chi connectivity index (χ2v) is 5.88. The molecule has 22 heavy (non-hydrogen) atoms. The summed E-state index contributed by atoms with van der Waals surface area (Å²) in [6.07, 6.45) is 1.62. The van der Waals surface area contributed by atoms with Crippen LogP contribution in [0.3, 0.4) is 0 Å². The minimum absolute atomic E-state index is 0.110. The minimum Gasteiger partial charge on any atom is -0.489 e. The molecule has 2 saturated heterocycles. The summed E-state index contributed by atoms with van der Waals surface area (Å²) in [5, 5.41) is 9.67. The van der Waals surface area contributed by atoms with Crippen LogP contribution < -0.4 is 4.74 Å². The standard InChI is InChI=1S/C16H20FNO4/c17-12-2-1-3-13(10-12)22-14-4-7-18(11-14)16(15(19)20)5-8-21-9-6-16/h1-3,10,14H,4-9,11H2,(H,19,20)/t14-/m1/s1. The van der Waals surface area contributed by atoms with Crippen LogP contribution in [0, 0.1) is 5.82 Å². The molecular weight excluding hydrogens is 289 g/mol. The first-order valence-corrected chi connectivity index (χ1v) is 7.58. The first-order chi connectivity index (χ1) is 10.6. The van der Waals surface area contributed by atoms with Crippen LogP contribution in [0.25, 0.3) is 0 Å². The average molecular weight is 309 g/mol. The van der Waals surface area contributed by atoms with Crippen molar-refractivity contribution < 1.29 is 23.8 Å². The summed E-state index contributed by atoms with van der Waals surface area (Å²) in [6.45, 7) is 2.16. The van der Waals surface area contributed by atoms with Crippen molar-refractivity contribution in [1.82, 2.24) is 4.90 Å². The molecule has 3 rings (SSSR count). The third-order valence-electron chi connectivity index (χ3n) is 4.57. The number of nitrogens with zero attached hydrogens (tertiary/aromatic N) is 1. The zero-order valence-corrected chi connectivity index (χ0v) is 12.3.